The second-order valence-electron chi connectivity index (χ2n) is 6.67. The number of amides is 3. The second-order valence-corrected chi connectivity index (χ2v) is 6.67. The van der Waals surface area contributed by atoms with Gasteiger partial charge in [0.1, 0.15) is 5.60 Å². The fourth-order valence-corrected chi connectivity index (χ4v) is 1.97. The fourth-order valence-electron chi connectivity index (χ4n) is 1.97. The van der Waals surface area contributed by atoms with Crippen molar-refractivity contribution in [2.75, 3.05) is 18.4 Å². The van der Waals surface area contributed by atoms with Crippen molar-refractivity contribution in [2.24, 2.45) is 0 Å². The molecule has 0 saturated carbocycles. The lowest BCUT2D eigenvalue weighted by atomic mass is 10.1. The molecule has 3 N–H and O–H groups in total. The summed E-state index contributed by atoms with van der Waals surface area (Å²) in [6.07, 6.45) is 1.62. The van der Waals surface area contributed by atoms with Gasteiger partial charge in [-0.25, -0.2) is 4.79 Å². The molecule has 0 aromatic heterocycles. The molecule has 0 aliphatic carbocycles. The molecular weight excluding hydrogens is 334 g/mol. The van der Waals surface area contributed by atoms with E-state index in [0.717, 1.165) is 5.56 Å². The standard InChI is InChI=1S/C19H27N3O4/c1-5-16(23)22-15-9-6-14(7-10-15)8-11-17(24)20-12-13-21-18(25)26-19(2,3)4/h5-7,9-10H,1,8,11-13H2,2-4H3,(H,20,24)(H,21,25)(H,22,23). The summed E-state index contributed by atoms with van der Waals surface area (Å²) < 4.78 is 5.10. The van der Waals surface area contributed by atoms with E-state index in [1.807, 2.05) is 12.1 Å². The van der Waals surface area contributed by atoms with Crippen molar-refractivity contribution >= 4 is 23.6 Å². The SMILES string of the molecule is C=CC(=O)Nc1ccc(CCC(=O)NCCNC(=O)OC(C)(C)C)cc1. The number of hydrogen-bond donors (Lipinski definition) is 3. The van der Waals surface area contributed by atoms with Crippen LogP contribution in [-0.4, -0.2) is 36.6 Å². The smallest absolute Gasteiger partial charge is 0.407 e. The van der Waals surface area contributed by atoms with E-state index in [4.69, 9.17) is 4.74 Å². The Morgan fingerprint density at radius 1 is 1.08 bits per heavy atom. The highest BCUT2D eigenvalue weighted by molar-refractivity contribution is 5.98. The summed E-state index contributed by atoms with van der Waals surface area (Å²) in [7, 11) is 0. The van der Waals surface area contributed by atoms with E-state index in [-0.39, 0.29) is 11.8 Å². The Labute approximate surface area is 154 Å². The van der Waals surface area contributed by atoms with Gasteiger partial charge < -0.3 is 20.7 Å². The third kappa shape index (κ3) is 9.46. The van der Waals surface area contributed by atoms with Gasteiger partial charge in [0, 0.05) is 25.2 Å². The van der Waals surface area contributed by atoms with Crippen molar-refractivity contribution in [3.05, 3.63) is 42.5 Å². The summed E-state index contributed by atoms with van der Waals surface area (Å²) in [5.41, 5.74) is 1.12. The number of carbonyl (C=O) groups excluding carboxylic acids is 3. The van der Waals surface area contributed by atoms with Crippen LogP contribution in [0.25, 0.3) is 0 Å². The first-order chi connectivity index (χ1) is 12.2. The van der Waals surface area contributed by atoms with Gasteiger partial charge in [-0.3, -0.25) is 9.59 Å². The largest absolute Gasteiger partial charge is 0.444 e. The van der Waals surface area contributed by atoms with E-state index in [2.05, 4.69) is 22.5 Å². The van der Waals surface area contributed by atoms with Gasteiger partial charge >= 0.3 is 6.09 Å². The monoisotopic (exact) mass is 361 g/mol. The van der Waals surface area contributed by atoms with E-state index in [1.54, 1.807) is 32.9 Å². The topological polar surface area (TPSA) is 96.5 Å². The average molecular weight is 361 g/mol. The third-order valence-electron chi connectivity index (χ3n) is 3.16. The molecule has 7 heteroatoms. The maximum Gasteiger partial charge on any atom is 0.407 e. The maximum atomic E-state index is 11.8. The highest BCUT2D eigenvalue weighted by Crippen LogP contribution is 2.11. The second kappa shape index (κ2) is 10.2. The van der Waals surface area contributed by atoms with Crippen LogP contribution in [0.15, 0.2) is 36.9 Å². The van der Waals surface area contributed by atoms with Crippen LogP contribution in [0.5, 0.6) is 0 Å². The molecule has 3 amide bonds. The number of nitrogens with one attached hydrogen (secondary N) is 3. The number of rotatable bonds is 8. The molecule has 26 heavy (non-hydrogen) atoms. The zero-order chi connectivity index (χ0) is 19.6. The van der Waals surface area contributed by atoms with E-state index in [9.17, 15) is 14.4 Å². The van der Waals surface area contributed by atoms with E-state index in [0.29, 0.717) is 31.6 Å². The van der Waals surface area contributed by atoms with Gasteiger partial charge in [-0.1, -0.05) is 18.7 Å². The van der Waals surface area contributed by atoms with Gasteiger partial charge in [-0.2, -0.15) is 0 Å². The molecule has 1 rings (SSSR count). The molecular formula is C19H27N3O4. The summed E-state index contributed by atoms with van der Waals surface area (Å²) in [5, 5.41) is 7.98. The zero-order valence-electron chi connectivity index (χ0n) is 15.6. The molecule has 0 fully saturated rings. The molecule has 0 aliphatic rings. The molecule has 0 radical (unpaired) electrons. The average Bonchev–Trinajstić information content (AvgIpc) is 2.56. The number of aryl methyl sites for hydroxylation is 1. The lowest BCUT2D eigenvalue weighted by molar-refractivity contribution is -0.121. The Balaban J connectivity index is 2.23. The zero-order valence-corrected chi connectivity index (χ0v) is 15.6. The van der Waals surface area contributed by atoms with Crippen LogP contribution in [0.4, 0.5) is 10.5 Å². The van der Waals surface area contributed by atoms with Crippen molar-refractivity contribution < 1.29 is 19.1 Å². The van der Waals surface area contributed by atoms with E-state index >= 15 is 0 Å². The molecule has 0 atom stereocenters. The minimum absolute atomic E-state index is 0.0972. The van der Waals surface area contributed by atoms with Crippen LogP contribution < -0.4 is 16.0 Å². The van der Waals surface area contributed by atoms with Crippen LogP contribution in [0.1, 0.15) is 32.8 Å². The molecule has 1 aromatic rings. The highest BCUT2D eigenvalue weighted by atomic mass is 16.6. The van der Waals surface area contributed by atoms with Gasteiger partial charge in [-0.05, 0) is 51.0 Å². The van der Waals surface area contributed by atoms with Crippen molar-refractivity contribution in [2.45, 2.75) is 39.2 Å². The predicted octanol–water partition coefficient (Wildman–Crippen LogP) is 2.38. The van der Waals surface area contributed by atoms with Gasteiger partial charge in [-0.15, -0.1) is 0 Å². The van der Waals surface area contributed by atoms with E-state index < -0.39 is 11.7 Å². The summed E-state index contributed by atoms with van der Waals surface area (Å²) in [6, 6.07) is 7.27. The molecule has 1 aromatic carbocycles. The summed E-state index contributed by atoms with van der Waals surface area (Å²) in [4.78, 5) is 34.5. The van der Waals surface area contributed by atoms with Crippen LogP contribution in [0.2, 0.25) is 0 Å². The quantitative estimate of drug-likeness (QED) is 0.489. The molecule has 142 valence electrons. The number of hydrogen-bond acceptors (Lipinski definition) is 4. The number of carbonyl (C=O) groups is 3. The fraction of sp³-hybridized carbons (Fsp3) is 0.421. The van der Waals surface area contributed by atoms with Gasteiger partial charge in [0.25, 0.3) is 0 Å². The Morgan fingerprint density at radius 2 is 1.69 bits per heavy atom. The minimum Gasteiger partial charge on any atom is -0.444 e. The molecule has 0 spiro atoms. The number of benzene rings is 1. The summed E-state index contributed by atoms with van der Waals surface area (Å²) in [6.45, 7) is 9.39. The number of ether oxygens (including phenoxy) is 1. The van der Waals surface area contributed by atoms with Gasteiger partial charge in [0.2, 0.25) is 11.8 Å². The molecule has 7 nitrogen and oxygen atoms in total. The first-order valence-corrected chi connectivity index (χ1v) is 8.45. The number of alkyl carbamates (subject to hydrolysis) is 1. The van der Waals surface area contributed by atoms with Crippen LogP contribution in [-0.2, 0) is 20.7 Å². The Kier molecular flexibility index (Phi) is 8.34. The van der Waals surface area contributed by atoms with Crippen LogP contribution in [0, 0.1) is 0 Å². The number of anilines is 1. The van der Waals surface area contributed by atoms with Crippen molar-refractivity contribution in [3.63, 3.8) is 0 Å². The Hall–Kier alpha value is -2.83. The molecule has 0 aliphatic heterocycles. The first-order valence-electron chi connectivity index (χ1n) is 8.45. The molecule has 0 bridgehead atoms. The molecule has 0 saturated heterocycles. The van der Waals surface area contributed by atoms with Gasteiger partial charge in [0.15, 0.2) is 0 Å². The van der Waals surface area contributed by atoms with Crippen LogP contribution >= 0.6 is 0 Å². The Morgan fingerprint density at radius 3 is 2.27 bits per heavy atom. The summed E-state index contributed by atoms with van der Waals surface area (Å²) >= 11 is 0. The van der Waals surface area contributed by atoms with Crippen molar-refractivity contribution in [3.8, 4) is 0 Å². The van der Waals surface area contributed by atoms with E-state index in [1.165, 1.54) is 6.08 Å². The van der Waals surface area contributed by atoms with Crippen molar-refractivity contribution in [1.29, 1.82) is 0 Å². The molecule has 0 heterocycles. The highest BCUT2D eigenvalue weighted by Gasteiger charge is 2.15. The minimum atomic E-state index is -0.544. The lowest BCUT2D eigenvalue weighted by Crippen LogP contribution is -2.37. The van der Waals surface area contributed by atoms with Crippen LogP contribution in [0.3, 0.4) is 0 Å². The van der Waals surface area contributed by atoms with Gasteiger partial charge in [0.05, 0.1) is 0 Å². The normalized spacial score (nSPS) is 10.6. The predicted molar refractivity (Wildman–Crippen MR) is 101 cm³/mol. The van der Waals surface area contributed by atoms with Crippen molar-refractivity contribution in [1.82, 2.24) is 10.6 Å². The Bertz CT molecular complexity index is 633. The summed E-state index contributed by atoms with van der Waals surface area (Å²) in [5.74, 6) is -0.364. The lowest BCUT2D eigenvalue weighted by Gasteiger charge is -2.19. The molecule has 0 unspecified atom stereocenters. The first kappa shape index (κ1) is 21.2. The maximum absolute atomic E-state index is 11.8. The third-order valence-corrected chi connectivity index (χ3v) is 3.16.